The minimum Gasteiger partial charge on any atom is -0.463 e. The number of carbonyl (C=O) groups excluding carboxylic acids is 4. The molecule has 5 atom stereocenters. The fourth-order valence-corrected chi connectivity index (χ4v) is 4.28. The third-order valence-electron chi connectivity index (χ3n) is 4.13. The zero-order valence-corrected chi connectivity index (χ0v) is 19.5. The van der Waals surface area contributed by atoms with Crippen LogP contribution in [0.2, 0.25) is 0 Å². The molecule has 0 N–H and O–H groups in total. The van der Waals surface area contributed by atoms with E-state index in [0.717, 1.165) is 11.8 Å². The van der Waals surface area contributed by atoms with Crippen molar-refractivity contribution in [2.75, 3.05) is 6.61 Å². The predicted octanol–water partition coefficient (Wildman–Crippen LogP) is 1.27. The summed E-state index contributed by atoms with van der Waals surface area (Å²) < 4.78 is 27.2. The van der Waals surface area contributed by atoms with Gasteiger partial charge in [0.1, 0.15) is 12.7 Å². The van der Waals surface area contributed by atoms with Gasteiger partial charge >= 0.3 is 23.9 Å². The number of aryl methyl sites for hydroxylation is 2. The average molecular weight is 471 g/mol. The third kappa shape index (κ3) is 7.45. The molecule has 0 saturated carbocycles. The van der Waals surface area contributed by atoms with Gasteiger partial charge in [-0.2, -0.15) is 0 Å². The molecule has 1 aromatic heterocycles. The van der Waals surface area contributed by atoms with Crippen LogP contribution >= 0.6 is 11.8 Å². The maximum absolute atomic E-state index is 11.8. The van der Waals surface area contributed by atoms with Crippen molar-refractivity contribution in [1.29, 1.82) is 0 Å². The van der Waals surface area contributed by atoms with E-state index in [2.05, 4.69) is 9.97 Å². The van der Waals surface area contributed by atoms with Gasteiger partial charge in [0.05, 0.1) is 0 Å². The molecule has 0 bridgehead atoms. The van der Waals surface area contributed by atoms with E-state index in [1.165, 1.54) is 27.7 Å². The molecule has 2 rings (SSSR count). The van der Waals surface area contributed by atoms with Crippen LogP contribution < -0.4 is 0 Å². The summed E-state index contributed by atoms with van der Waals surface area (Å²) in [6, 6.07) is 1.79. The lowest BCUT2D eigenvalue weighted by atomic mass is 9.99. The summed E-state index contributed by atoms with van der Waals surface area (Å²) in [6.45, 7) is 8.04. The van der Waals surface area contributed by atoms with Gasteiger partial charge in [-0.1, -0.05) is 11.8 Å². The highest BCUT2D eigenvalue weighted by molar-refractivity contribution is 7.99. The molecule has 11 nitrogen and oxygen atoms in total. The Morgan fingerprint density at radius 3 is 1.84 bits per heavy atom. The van der Waals surface area contributed by atoms with Gasteiger partial charge in [0.2, 0.25) is 0 Å². The Hall–Kier alpha value is -2.73. The van der Waals surface area contributed by atoms with Crippen molar-refractivity contribution in [3.05, 3.63) is 17.5 Å². The van der Waals surface area contributed by atoms with Crippen LogP contribution in [0.15, 0.2) is 11.2 Å². The van der Waals surface area contributed by atoms with Crippen LogP contribution in [0, 0.1) is 13.8 Å². The highest BCUT2D eigenvalue weighted by Gasteiger charge is 2.52. The van der Waals surface area contributed by atoms with Gasteiger partial charge in [0.25, 0.3) is 0 Å². The van der Waals surface area contributed by atoms with Gasteiger partial charge in [-0.15, -0.1) is 0 Å². The van der Waals surface area contributed by atoms with Crippen LogP contribution in [-0.2, 0) is 42.9 Å². The zero-order valence-electron chi connectivity index (χ0n) is 18.6. The van der Waals surface area contributed by atoms with Crippen LogP contribution in [0.5, 0.6) is 0 Å². The molecule has 1 aliphatic rings. The van der Waals surface area contributed by atoms with E-state index in [1.54, 1.807) is 19.9 Å². The highest BCUT2D eigenvalue weighted by atomic mass is 32.2. The van der Waals surface area contributed by atoms with E-state index in [-0.39, 0.29) is 6.61 Å². The summed E-state index contributed by atoms with van der Waals surface area (Å²) in [4.78, 5) is 55.5. The van der Waals surface area contributed by atoms with Crippen molar-refractivity contribution in [2.24, 2.45) is 0 Å². The molecule has 0 aliphatic carbocycles. The number of hydrogen-bond donors (Lipinski definition) is 0. The number of nitrogens with zero attached hydrogens (tertiary/aromatic N) is 2. The maximum Gasteiger partial charge on any atom is 0.303 e. The monoisotopic (exact) mass is 470 g/mol. The minimum absolute atomic E-state index is 0.289. The topological polar surface area (TPSA) is 140 Å². The van der Waals surface area contributed by atoms with Crippen molar-refractivity contribution < 1.29 is 42.9 Å². The molecule has 2 heterocycles. The van der Waals surface area contributed by atoms with Gasteiger partial charge in [0.15, 0.2) is 28.9 Å². The van der Waals surface area contributed by atoms with Crippen LogP contribution in [0.25, 0.3) is 0 Å². The maximum atomic E-state index is 11.8. The van der Waals surface area contributed by atoms with E-state index in [4.69, 9.17) is 23.7 Å². The Bertz CT molecular complexity index is 858. The summed E-state index contributed by atoms with van der Waals surface area (Å²) in [5, 5.41) is 0.336. The largest absolute Gasteiger partial charge is 0.463 e. The number of aromatic nitrogens is 2. The van der Waals surface area contributed by atoms with Gasteiger partial charge in [-0.3, -0.25) is 19.2 Å². The molecular weight excluding hydrogens is 444 g/mol. The third-order valence-corrected chi connectivity index (χ3v) is 5.14. The van der Waals surface area contributed by atoms with Crippen LogP contribution in [0.3, 0.4) is 0 Å². The minimum atomic E-state index is -1.22. The van der Waals surface area contributed by atoms with Crippen molar-refractivity contribution in [1.82, 2.24) is 9.97 Å². The van der Waals surface area contributed by atoms with Gasteiger partial charge in [-0.25, -0.2) is 9.97 Å². The first kappa shape index (κ1) is 25.5. The molecule has 0 spiro atoms. The molecule has 12 heteroatoms. The van der Waals surface area contributed by atoms with Gasteiger partial charge < -0.3 is 23.7 Å². The summed E-state index contributed by atoms with van der Waals surface area (Å²) >= 11 is 1.04. The molecule has 0 aromatic carbocycles. The zero-order chi connectivity index (χ0) is 24.0. The van der Waals surface area contributed by atoms with Gasteiger partial charge in [0, 0.05) is 39.1 Å². The van der Waals surface area contributed by atoms with Crippen LogP contribution in [0.4, 0.5) is 0 Å². The average Bonchev–Trinajstić information content (AvgIpc) is 2.63. The van der Waals surface area contributed by atoms with Crippen molar-refractivity contribution in [3.63, 3.8) is 0 Å². The molecule has 176 valence electrons. The molecular formula is C20H26N2O9S. The quantitative estimate of drug-likeness (QED) is 0.322. The smallest absolute Gasteiger partial charge is 0.303 e. The fourth-order valence-electron chi connectivity index (χ4n) is 3.13. The van der Waals surface area contributed by atoms with E-state index < -0.39 is 53.7 Å². The first-order chi connectivity index (χ1) is 15.0. The molecule has 1 fully saturated rings. The Morgan fingerprint density at radius 2 is 1.34 bits per heavy atom. The first-order valence-electron chi connectivity index (χ1n) is 9.75. The Balaban J connectivity index is 2.47. The number of hydrogen-bond acceptors (Lipinski definition) is 12. The number of esters is 4. The second-order valence-electron chi connectivity index (χ2n) is 7.12. The number of ether oxygens (including phenoxy) is 5. The van der Waals surface area contributed by atoms with Crippen molar-refractivity contribution >= 4 is 35.6 Å². The lowest BCUT2D eigenvalue weighted by Gasteiger charge is -2.43. The number of thioether (sulfide) groups is 1. The molecule has 0 amide bonds. The van der Waals surface area contributed by atoms with E-state index in [0.29, 0.717) is 16.5 Å². The Labute approximate surface area is 189 Å². The molecule has 32 heavy (non-hydrogen) atoms. The second-order valence-corrected chi connectivity index (χ2v) is 8.18. The van der Waals surface area contributed by atoms with Crippen LogP contribution in [0.1, 0.15) is 39.1 Å². The van der Waals surface area contributed by atoms with Crippen molar-refractivity contribution in [2.45, 2.75) is 76.6 Å². The first-order valence-corrected chi connectivity index (χ1v) is 10.6. The standard InChI is InChI=1S/C20H26N2O9S/c1-9-7-10(2)22-20(21-9)32-19-18(30-14(6)26)17(29-13(5)25)16(28-12(4)24)15(31-19)8-27-11(3)23/h7,15-19H,8H2,1-6H3/t15-,16+,17+,18+,19+/m0/s1. The summed E-state index contributed by atoms with van der Waals surface area (Å²) in [7, 11) is 0. The molecule has 1 aliphatic heterocycles. The normalized spacial score (nSPS) is 24.9. The van der Waals surface area contributed by atoms with Gasteiger partial charge in [-0.05, 0) is 19.9 Å². The van der Waals surface area contributed by atoms with E-state index >= 15 is 0 Å². The number of carbonyl (C=O) groups is 4. The number of rotatable bonds is 7. The van der Waals surface area contributed by atoms with Crippen LogP contribution in [-0.4, -0.2) is 70.3 Å². The Kier molecular flexibility index (Phi) is 8.96. The lowest BCUT2D eigenvalue weighted by Crippen LogP contribution is -2.61. The summed E-state index contributed by atoms with van der Waals surface area (Å²) in [5.74, 6) is -2.62. The summed E-state index contributed by atoms with van der Waals surface area (Å²) in [6.07, 6.45) is -4.60. The molecule has 0 unspecified atom stereocenters. The molecule has 1 saturated heterocycles. The summed E-state index contributed by atoms with van der Waals surface area (Å²) in [5.41, 5.74) is 0.466. The van der Waals surface area contributed by atoms with E-state index in [1.807, 2.05) is 0 Å². The SMILES string of the molecule is CC(=O)OC[C@@H]1O[C@H](Sc2nc(C)cc(C)n2)[C@H](OC(C)=O)[C@H](OC(C)=O)[C@@H]1OC(C)=O. The lowest BCUT2D eigenvalue weighted by molar-refractivity contribution is -0.237. The molecule has 1 aromatic rings. The predicted molar refractivity (Wildman–Crippen MR) is 109 cm³/mol. The molecule has 0 radical (unpaired) electrons. The highest BCUT2D eigenvalue weighted by Crippen LogP contribution is 2.36. The Morgan fingerprint density at radius 1 is 0.844 bits per heavy atom. The van der Waals surface area contributed by atoms with E-state index in [9.17, 15) is 19.2 Å². The van der Waals surface area contributed by atoms with Crippen molar-refractivity contribution in [3.8, 4) is 0 Å². The fraction of sp³-hybridized carbons (Fsp3) is 0.600. The second kappa shape index (κ2) is 11.2.